The monoisotopic (exact) mass is 195 g/mol. The Labute approximate surface area is 82.0 Å². The second-order valence-corrected chi connectivity index (χ2v) is 3.37. The standard InChI is InChI=1S/C10H13NO3/c1-10(11,9(13)14)8-4-2-3-7(5-8)6-12/h2-5,12H,6,11H2,1H3,(H,13,14)/t10-/m1/s1. The first-order valence-electron chi connectivity index (χ1n) is 4.21. The molecular formula is C10H13NO3. The number of aliphatic hydroxyl groups is 1. The summed E-state index contributed by atoms with van der Waals surface area (Å²) in [6.45, 7) is 1.30. The van der Waals surface area contributed by atoms with Crippen LogP contribution in [-0.2, 0) is 16.9 Å². The second kappa shape index (κ2) is 3.77. The van der Waals surface area contributed by atoms with Gasteiger partial charge in [0.1, 0.15) is 5.54 Å². The Hall–Kier alpha value is -1.39. The van der Waals surface area contributed by atoms with Gasteiger partial charge in [-0.1, -0.05) is 24.3 Å². The number of benzene rings is 1. The average Bonchev–Trinajstić information content (AvgIpc) is 2.17. The van der Waals surface area contributed by atoms with Gasteiger partial charge in [0, 0.05) is 0 Å². The summed E-state index contributed by atoms with van der Waals surface area (Å²) in [5.41, 5.74) is 5.35. The molecule has 0 heterocycles. The molecule has 0 aliphatic carbocycles. The molecule has 0 aliphatic rings. The molecular weight excluding hydrogens is 182 g/mol. The van der Waals surface area contributed by atoms with Gasteiger partial charge in [0.05, 0.1) is 6.61 Å². The number of carboxylic acid groups (broad SMARTS) is 1. The van der Waals surface area contributed by atoms with Crippen molar-refractivity contribution in [3.63, 3.8) is 0 Å². The number of nitrogens with two attached hydrogens (primary N) is 1. The summed E-state index contributed by atoms with van der Waals surface area (Å²) in [6, 6.07) is 6.61. The van der Waals surface area contributed by atoms with E-state index in [1.54, 1.807) is 24.3 Å². The van der Waals surface area contributed by atoms with Gasteiger partial charge < -0.3 is 15.9 Å². The van der Waals surface area contributed by atoms with Gasteiger partial charge >= 0.3 is 5.97 Å². The Morgan fingerprint density at radius 2 is 2.21 bits per heavy atom. The fourth-order valence-electron chi connectivity index (χ4n) is 1.12. The van der Waals surface area contributed by atoms with E-state index in [4.69, 9.17) is 15.9 Å². The highest BCUT2D eigenvalue weighted by Gasteiger charge is 2.30. The Morgan fingerprint density at radius 1 is 1.57 bits per heavy atom. The quantitative estimate of drug-likeness (QED) is 0.653. The van der Waals surface area contributed by atoms with Crippen LogP contribution in [0.1, 0.15) is 18.1 Å². The molecule has 4 N–H and O–H groups in total. The molecule has 0 amide bonds. The van der Waals surface area contributed by atoms with Crippen LogP contribution in [-0.4, -0.2) is 16.2 Å². The Balaban J connectivity index is 3.12. The molecule has 4 heteroatoms. The Morgan fingerprint density at radius 3 is 2.71 bits per heavy atom. The van der Waals surface area contributed by atoms with Crippen molar-refractivity contribution in [3.05, 3.63) is 35.4 Å². The van der Waals surface area contributed by atoms with Crippen LogP contribution in [0.5, 0.6) is 0 Å². The van der Waals surface area contributed by atoms with Crippen LogP contribution >= 0.6 is 0 Å². The van der Waals surface area contributed by atoms with Crippen molar-refractivity contribution in [3.8, 4) is 0 Å². The van der Waals surface area contributed by atoms with Crippen LogP contribution in [0.2, 0.25) is 0 Å². The molecule has 4 nitrogen and oxygen atoms in total. The summed E-state index contributed by atoms with van der Waals surface area (Å²) in [4.78, 5) is 10.8. The van der Waals surface area contributed by atoms with Crippen molar-refractivity contribution in [2.24, 2.45) is 5.73 Å². The van der Waals surface area contributed by atoms with E-state index in [2.05, 4.69) is 0 Å². The van der Waals surface area contributed by atoms with E-state index in [1.807, 2.05) is 0 Å². The zero-order valence-electron chi connectivity index (χ0n) is 7.90. The molecule has 1 atom stereocenters. The van der Waals surface area contributed by atoms with E-state index in [0.29, 0.717) is 11.1 Å². The van der Waals surface area contributed by atoms with Crippen molar-refractivity contribution >= 4 is 5.97 Å². The van der Waals surface area contributed by atoms with Crippen LogP contribution in [0.25, 0.3) is 0 Å². The summed E-state index contributed by atoms with van der Waals surface area (Å²) >= 11 is 0. The predicted molar refractivity (Wildman–Crippen MR) is 51.5 cm³/mol. The molecule has 14 heavy (non-hydrogen) atoms. The zero-order valence-corrected chi connectivity index (χ0v) is 7.90. The second-order valence-electron chi connectivity index (χ2n) is 3.37. The van der Waals surface area contributed by atoms with Crippen LogP contribution in [0, 0.1) is 0 Å². The maximum absolute atomic E-state index is 10.8. The molecule has 0 saturated carbocycles. The number of aliphatic hydroxyl groups excluding tert-OH is 1. The Bertz CT molecular complexity index is 347. The maximum Gasteiger partial charge on any atom is 0.328 e. The number of carboxylic acids is 1. The number of hydrogen-bond donors (Lipinski definition) is 3. The molecule has 1 rings (SSSR count). The molecule has 0 radical (unpaired) electrons. The van der Waals surface area contributed by atoms with Gasteiger partial charge in [-0.15, -0.1) is 0 Å². The van der Waals surface area contributed by atoms with E-state index < -0.39 is 11.5 Å². The first-order chi connectivity index (χ1) is 6.48. The minimum absolute atomic E-state index is 0.121. The lowest BCUT2D eigenvalue weighted by atomic mass is 9.92. The van der Waals surface area contributed by atoms with E-state index in [0.717, 1.165) is 0 Å². The van der Waals surface area contributed by atoms with Crippen molar-refractivity contribution in [1.29, 1.82) is 0 Å². The van der Waals surface area contributed by atoms with Crippen molar-refractivity contribution in [1.82, 2.24) is 0 Å². The van der Waals surface area contributed by atoms with Crippen LogP contribution in [0.4, 0.5) is 0 Å². The van der Waals surface area contributed by atoms with Crippen LogP contribution in [0.3, 0.4) is 0 Å². The average molecular weight is 195 g/mol. The van der Waals surface area contributed by atoms with Crippen molar-refractivity contribution in [2.75, 3.05) is 0 Å². The summed E-state index contributed by atoms with van der Waals surface area (Å²) in [7, 11) is 0. The number of rotatable bonds is 3. The molecule has 0 bridgehead atoms. The summed E-state index contributed by atoms with van der Waals surface area (Å²) in [6.07, 6.45) is 0. The molecule has 0 aliphatic heterocycles. The molecule has 76 valence electrons. The lowest BCUT2D eigenvalue weighted by molar-refractivity contribution is -0.143. The van der Waals surface area contributed by atoms with E-state index in [-0.39, 0.29) is 6.61 Å². The minimum Gasteiger partial charge on any atom is -0.480 e. The summed E-state index contributed by atoms with van der Waals surface area (Å²) < 4.78 is 0. The number of carbonyl (C=O) groups is 1. The highest BCUT2D eigenvalue weighted by atomic mass is 16.4. The zero-order chi connectivity index (χ0) is 10.8. The van der Waals surface area contributed by atoms with Crippen LogP contribution in [0.15, 0.2) is 24.3 Å². The van der Waals surface area contributed by atoms with E-state index in [9.17, 15) is 4.79 Å². The fraction of sp³-hybridized carbons (Fsp3) is 0.300. The van der Waals surface area contributed by atoms with E-state index >= 15 is 0 Å². The smallest absolute Gasteiger partial charge is 0.328 e. The summed E-state index contributed by atoms with van der Waals surface area (Å²) in [5.74, 6) is -1.09. The highest BCUT2D eigenvalue weighted by molar-refractivity contribution is 5.79. The third kappa shape index (κ3) is 1.92. The Kier molecular flexibility index (Phi) is 2.88. The van der Waals surface area contributed by atoms with Gasteiger partial charge in [-0.05, 0) is 18.1 Å². The number of aliphatic carboxylic acids is 1. The molecule has 0 spiro atoms. The molecule has 0 unspecified atom stereocenters. The number of hydrogen-bond acceptors (Lipinski definition) is 3. The van der Waals surface area contributed by atoms with Crippen molar-refractivity contribution in [2.45, 2.75) is 19.1 Å². The van der Waals surface area contributed by atoms with E-state index in [1.165, 1.54) is 6.92 Å². The van der Waals surface area contributed by atoms with Crippen LogP contribution < -0.4 is 5.73 Å². The maximum atomic E-state index is 10.8. The first-order valence-corrected chi connectivity index (χ1v) is 4.21. The van der Waals surface area contributed by atoms with Gasteiger partial charge in [-0.3, -0.25) is 0 Å². The first kappa shape index (κ1) is 10.7. The van der Waals surface area contributed by atoms with Gasteiger partial charge in [-0.25, -0.2) is 4.79 Å². The largest absolute Gasteiger partial charge is 0.480 e. The third-order valence-electron chi connectivity index (χ3n) is 2.15. The molecule has 1 aromatic carbocycles. The molecule has 0 aromatic heterocycles. The highest BCUT2D eigenvalue weighted by Crippen LogP contribution is 2.19. The normalized spacial score (nSPS) is 14.8. The topological polar surface area (TPSA) is 83.6 Å². The van der Waals surface area contributed by atoms with Gasteiger partial charge in [0.25, 0.3) is 0 Å². The third-order valence-corrected chi connectivity index (χ3v) is 2.15. The molecule has 1 aromatic rings. The lowest BCUT2D eigenvalue weighted by Gasteiger charge is -2.20. The lowest BCUT2D eigenvalue weighted by Crippen LogP contribution is -2.41. The predicted octanol–water partition coefficient (Wildman–Crippen LogP) is 0.437. The van der Waals surface area contributed by atoms with Crippen molar-refractivity contribution < 1.29 is 15.0 Å². The molecule has 0 fully saturated rings. The van der Waals surface area contributed by atoms with Gasteiger partial charge in [0.15, 0.2) is 0 Å². The fourth-order valence-corrected chi connectivity index (χ4v) is 1.12. The SMILES string of the molecule is C[C@](N)(C(=O)O)c1cccc(CO)c1. The van der Waals surface area contributed by atoms with Gasteiger partial charge in [0.2, 0.25) is 0 Å². The van der Waals surface area contributed by atoms with Gasteiger partial charge in [-0.2, -0.15) is 0 Å². The summed E-state index contributed by atoms with van der Waals surface area (Å²) in [5, 5.41) is 17.7. The minimum atomic E-state index is -1.41. The molecule has 0 saturated heterocycles.